The van der Waals surface area contributed by atoms with E-state index in [4.69, 9.17) is 10.00 Å². The summed E-state index contributed by atoms with van der Waals surface area (Å²) in [6.07, 6.45) is 0. The van der Waals surface area contributed by atoms with Crippen LogP contribution >= 0.6 is 0 Å². The Labute approximate surface area is 95.0 Å². The Morgan fingerprint density at radius 2 is 2.12 bits per heavy atom. The van der Waals surface area contributed by atoms with E-state index in [0.29, 0.717) is 11.3 Å². The minimum Gasteiger partial charge on any atom is -0.465 e. The van der Waals surface area contributed by atoms with Crippen molar-refractivity contribution in [3.63, 3.8) is 0 Å². The average Bonchev–Trinajstić information content (AvgIpc) is 2.35. The van der Waals surface area contributed by atoms with Gasteiger partial charge in [-0.15, -0.1) is 0 Å². The fraction of sp³-hybridized carbons (Fsp3) is 0.333. The number of nitrogens with zero attached hydrogens (tertiary/aromatic N) is 2. The predicted octanol–water partition coefficient (Wildman–Crippen LogP) is 1.82. The molecule has 16 heavy (non-hydrogen) atoms. The van der Waals surface area contributed by atoms with E-state index >= 15 is 0 Å². The van der Waals surface area contributed by atoms with Gasteiger partial charge in [0, 0.05) is 7.05 Å². The molecule has 4 nitrogen and oxygen atoms in total. The molecule has 0 N–H and O–H groups in total. The summed E-state index contributed by atoms with van der Waals surface area (Å²) in [5.74, 6) is -0.396. The van der Waals surface area contributed by atoms with Crippen LogP contribution < -0.4 is 4.90 Å². The lowest BCUT2D eigenvalue weighted by Crippen LogP contribution is -2.28. The molecule has 1 unspecified atom stereocenters. The summed E-state index contributed by atoms with van der Waals surface area (Å²) >= 11 is 0. The van der Waals surface area contributed by atoms with E-state index in [2.05, 4.69) is 6.07 Å². The second kappa shape index (κ2) is 5.17. The summed E-state index contributed by atoms with van der Waals surface area (Å²) in [6.45, 7) is 1.77. The first kappa shape index (κ1) is 12.1. The minimum absolute atomic E-state index is 0.300. The zero-order chi connectivity index (χ0) is 12.1. The van der Waals surface area contributed by atoms with Gasteiger partial charge in [-0.25, -0.2) is 4.79 Å². The maximum absolute atomic E-state index is 11.5. The summed E-state index contributed by atoms with van der Waals surface area (Å²) in [6, 6.07) is 8.88. The summed E-state index contributed by atoms with van der Waals surface area (Å²) in [4.78, 5) is 13.3. The number of anilines is 1. The van der Waals surface area contributed by atoms with Gasteiger partial charge < -0.3 is 9.64 Å². The molecule has 1 aromatic carbocycles. The maximum Gasteiger partial charge on any atom is 0.339 e. The number of para-hydroxylation sites is 1. The largest absolute Gasteiger partial charge is 0.465 e. The molecule has 1 aromatic rings. The van der Waals surface area contributed by atoms with Crippen LogP contribution in [0.4, 0.5) is 5.69 Å². The molecular formula is C12H14N2O2. The minimum atomic E-state index is -0.396. The number of ether oxygens (including phenoxy) is 1. The molecule has 1 atom stereocenters. The van der Waals surface area contributed by atoms with E-state index in [1.54, 1.807) is 37.1 Å². The molecule has 0 saturated carbocycles. The molecule has 4 heteroatoms. The topological polar surface area (TPSA) is 53.3 Å². The van der Waals surface area contributed by atoms with E-state index < -0.39 is 5.97 Å². The molecule has 0 bridgehead atoms. The molecule has 0 radical (unpaired) electrons. The third-order valence-electron chi connectivity index (χ3n) is 2.46. The van der Waals surface area contributed by atoms with E-state index in [1.807, 2.05) is 6.07 Å². The van der Waals surface area contributed by atoms with Crippen molar-refractivity contribution in [2.75, 3.05) is 19.1 Å². The Kier molecular flexibility index (Phi) is 3.90. The van der Waals surface area contributed by atoms with E-state index in [-0.39, 0.29) is 6.04 Å². The van der Waals surface area contributed by atoms with Gasteiger partial charge in [0.15, 0.2) is 0 Å². The van der Waals surface area contributed by atoms with Crippen LogP contribution in [0.15, 0.2) is 24.3 Å². The van der Waals surface area contributed by atoms with Gasteiger partial charge in [-0.3, -0.25) is 0 Å². The number of rotatable bonds is 3. The van der Waals surface area contributed by atoms with Gasteiger partial charge in [0.25, 0.3) is 0 Å². The van der Waals surface area contributed by atoms with E-state index in [0.717, 1.165) is 0 Å². The van der Waals surface area contributed by atoms with E-state index in [1.165, 1.54) is 7.11 Å². The van der Waals surface area contributed by atoms with Crippen molar-refractivity contribution in [2.45, 2.75) is 13.0 Å². The smallest absolute Gasteiger partial charge is 0.339 e. The van der Waals surface area contributed by atoms with Gasteiger partial charge in [0.2, 0.25) is 0 Å². The van der Waals surface area contributed by atoms with Gasteiger partial charge in [-0.2, -0.15) is 5.26 Å². The van der Waals surface area contributed by atoms with Crippen LogP contribution in [0.1, 0.15) is 17.3 Å². The molecule has 0 spiro atoms. The molecular weight excluding hydrogens is 204 g/mol. The Morgan fingerprint density at radius 3 is 2.69 bits per heavy atom. The number of esters is 1. The van der Waals surface area contributed by atoms with Crippen LogP contribution in [0.25, 0.3) is 0 Å². The summed E-state index contributed by atoms with van der Waals surface area (Å²) < 4.78 is 4.69. The van der Waals surface area contributed by atoms with Gasteiger partial charge in [0.05, 0.1) is 24.4 Å². The first-order valence-electron chi connectivity index (χ1n) is 4.91. The normalized spacial score (nSPS) is 11.4. The van der Waals surface area contributed by atoms with Crippen LogP contribution in [-0.2, 0) is 4.74 Å². The molecule has 84 valence electrons. The van der Waals surface area contributed by atoms with Crippen molar-refractivity contribution in [1.29, 1.82) is 5.26 Å². The average molecular weight is 218 g/mol. The van der Waals surface area contributed by atoms with Crippen LogP contribution in [0.2, 0.25) is 0 Å². The zero-order valence-electron chi connectivity index (χ0n) is 9.60. The van der Waals surface area contributed by atoms with Crippen molar-refractivity contribution in [3.8, 4) is 6.07 Å². The van der Waals surface area contributed by atoms with Crippen molar-refractivity contribution in [1.82, 2.24) is 0 Å². The Morgan fingerprint density at radius 1 is 1.50 bits per heavy atom. The van der Waals surface area contributed by atoms with Crippen molar-refractivity contribution >= 4 is 11.7 Å². The Balaban J connectivity index is 3.14. The number of methoxy groups -OCH3 is 1. The number of hydrogen-bond acceptors (Lipinski definition) is 4. The predicted molar refractivity (Wildman–Crippen MR) is 61.3 cm³/mol. The van der Waals surface area contributed by atoms with Crippen molar-refractivity contribution in [2.24, 2.45) is 0 Å². The lowest BCUT2D eigenvalue weighted by molar-refractivity contribution is 0.0601. The van der Waals surface area contributed by atoms with Crippen molar-refractivity contribution in [3.05, 3.63) is 29.8 Å². The third-order valence-corrected chi connectivity index (χ3v) is 2.46. The van der Waals surface area contributed by atoms with Crippen LogP contribution in [0, 0.1) is 11.3 Å². The molecule has 0 amide bonds. The SMILES string of the molecule is COC(=O)c1ccccc1N(C)C(C)C#N. The highest BCUT2D eigenvalue weighted by Gasteiger charge is 2.17. The molecule has 0 aromatic heterocycles. The van der Waals surface area contributed by atoms with Crippen LogP contribution in [-0.4, -0.2) is 26.2 Å². The highest BCUT2D eigenvalue weighted by atomic mass is 16.5. The molecule has 0 saturated heterocycles. The molecule has 0 aliphatic carbocycles. The number of benzene rings is 1. The molecule has 0 aliphatic heterocycles. The number of hydrogen-bond donors (Lipinski definition) is 0. The number of carbonyl (C=O) groups is 1. The Bertz CT molecular complexity index is 423. The Hall–Kier alpha value is -2.02. The van der Waals surface area contributed by atoms with Gasteiger partial charge in [-0.1, -0.05) is 12.1 Å². The lowest BCUT2D eigenvalue weighted by atomic mass is 10.1. The second-order valence-corrected chi connectivity index (χ2v) is 3.42. The first-order valence-corrected chi connectivity index (χ1v) is 4.91. The zero-order valence-corrected chi connectivity index (χ0v) is 9.60. The fourth-order valence-electron chi connectivity index (χ4n) is 1.36. The van der Waals surface area contributed by atoms with Gasteiger partial charge in [-0.05, 0) is 19.1 Å². The van der Waals surface area contributed by atoms with Gasteiger partial charge >= 0.3 is 5.97 Å². The number of nitriles is 1. The quantitative estimate of drug-likeness (QED) is 0.726. The lowest BCUT2D eigenvalue weighted by Gasteiger charge is -2.23. The molecule has 1 rings (SSSR count). The fourth-order valence-corrected chi connectivity index (χ4v) is 1.36. The maximum atomic E-state index is 11.5. The second-order valence-electron chi connectivity index (χ2n) is 3.42. The highest BCUT2D eigenvalue weighted by molar-refractivity contribution is 5.95. The summed E-state index contributed by atoms with van der Waals surface area (Å²) in [7, 11) is 3.11. The molecule has 0 aliphatic rings. The summed E-state index contributed by atoms with van der Waals surface area (Å²) in [5, 5.41) is 8.85. The highest BCUT2D eigenvalue weighted by Crippen LogP contribution is 2.21. The van der Waals surface area contributed by atoms with Crippen LogP contribution in [0.5, 0.6) is 0 Å². The monoisotopic (exact) mass is 218 g/mol. The number of carbonyl (C=O) groups excluding carboxylic acids is 1. The standard InChI is InChI=1S/C12H14N2O2/c1-9(8-13)14(2)11-7-5-4-6-10(11)12(15)16-3/h4-7,9H,1-3H3. The third kappa shape index (κ3) is 2.31. The van der Waals surface area contributed by atoms with Gasteiger partial charge in [0.1, 0.15) is 6.04 Å². The van der Waals surface area contributed by atoms with Crippen molar-refractivity contribution < 1.29 is 9.53 Å². The molecule has 0 heterocycles. The molecule has 0 fully saturated rings. The summed E-state index contributed by atoms with van der Waals surface area (Å²) in [5.41, 5.74) is 1.16. The van der Waals surface area contributed by atoms with E-state index in [9.17, 15) is 4.79 Å². The van der Waals surface area contributed by atoms with Crippen LogP contribution in [0.3, 0.4) is 0 Å². The first-order chi connectivity index (χ1) is 7.61.